The Morgan fingerprint density at radius 2 is 2.23 bits per heavy atom. The minimum Gasteiger partial charge on any atom is -0.326 e. The zero-order valence-corrected chi connectivity index (χ0v) is 14.8. The summed E-state index contributed by atoms with van der Waals surface area (Å²) in [7, 11) is 0. The number of amides is 2. The number of rotatable bonds is 5. The van der Waals surface area contributed by atoms with Gasteiger partial charge in [0.15, 0.2) is 0 Å². The van der Waals surface area contributed by atoms with E-state index in [9.17, 15) is 9.59 Å². The number of hydrogen-bond donors (Lipinski definition) is 1. The van der Waals surface area contributed by atoms with Crippen LogP contribution in [0, 0.1) is 6.92 Å². The van der Waals surface area contributed by atoms with Gasteiger partial charge >= 0.3 is 0 Å². The van der Waals surface area contributed by atoms with E-state index < -0.39 is 0 Å². The Bertz CT molecular complexity index is 622. The Morgan fingerprint density at radius 1 is 1.50 bits per heavy atom. The lowest BCUT2D eigenvalue weighted by atomic mass is 10.2. The van der Waals surface area contributed by atoms with E-state index in [1.165, 1.54) is 16.7 Å². The Labute approximate surface area is 144 Å². The molecular formula is C15H17ClN2O2S2. The number of halogens is 1. The summed E-state index contributed by atoms with van der Waals surface area (Å²) in [6.45, 7) is 4.11. The van der Waals surface area contributed by atoms with Gasteiger partial charge in [-0.05, 0) is 31.0 Å². The lowest BCUT2D eigenvalue weighted by molar-refractivity contribution is -0.126. The molecule has 2 amide bonds. The summed E-state index contributed by atoms with van der Waals surface area (Å²) in [5.41, 5.74) is 1.51. The summed E-state index contributed by atoms with van der Waals surface area (Å²) in [6.07, 6.45) is 0.947. The van der Waals surface area contributed by atoms with Crippen LogP contribution >= 0.6 is 35.6 Å². The lowest BCUT2D eigenvalue weighted by Gasteiger charge is -2.15. The predicted octanol–water partition coefficient (Wildman–Crippen LogP) is 3.62. The van der Waals surface area contributed by atoms with E-state index in [4.69, 9.17) is 23.8 Å². The molecule has 1 atom stereocenters. The van der Waals surface area contributed by atoms with Gasteiger partial charge in [0.25, 0.3) is 0 Å². The van der Waals surface area contributed by atoms with Crippen LogP contribution in [0.5, 0.6) is 0 Å². The van der Waals surface area contributed by atoms with Gasteiger partial charge in [-0.2, -0.15) is 0 Å². The average Bonchev–Trinajstić information content (AvgIpc) is 2.76. The van der Waals surface area contributed by atoms with E-state index >= 15 is 0 Å². The SMILES string of the molecule is CCC1SC(=S)N(CCC(=O)Nc2cccc(Cl)c2C)C1=O. The summed E-state index contributed by atoms with van der Waals surface area (Å²) in [4.78, 5) is 25.7. The Morgan fingerprint density at radius 3 is 2.86 bits per heavy atom. The average molecular weight is 357 g/mol. The highest BCUT2D eigenvalue weighted by molar-refractivity contribution is 8.24. The number of carbonyl (C=O) groups is 2. The molecule has 0 radical (unpaired) electrons. The summed E-state index contributed by atoms with van der Waals surface area (Å²) in [5, 5.41) is 3.32. The Hall–Kier alpha value is -1.11. The molecule has 0 aliphatic carbocycles. The summed E-state index contributed by atoms with van der Waals surface area (Å²) >= 11 is 12.6. The second kappa shape index (κ2) is 7.44. The number of hydrogen-bond acceptors (Lipinski definition) is 4. The van der Waals surface area contributed by atoms with Crippen LogP contribution in [0.3, 0.4) is 0 Å². The molecule has 1 unspecified atom stereocenters. The van der Waals surface area contributed by atoms with Crippen LogP contribution in [0.25, 0.3) is 0 Å². The molecule has 1 saturated heterocycles. The molecule has 1 fully saturated rings. The van der Waals surface area contributed by atoms with Crippen molar-refractivity contribution in [2.24, 2.45) is 0 Å². The van der Waals surface area contributed by atoms with Crippen LogP contribution in [0.4, 0.5) is 5.69 Å². The minimum atomic E-state index is -0.161. The number of nitrogens with one attached hydrogen (secondary N) is 1. The van der Waals surface area contributed by atoms with Gasteiger partial charge in [0, 0.05) is 23.7 Å². The smallest absolute Gasteiger partial charge is 0.241 e. The van der Waals surface area contributed by atoms with Crippen LogP contribution in [0.1, 0.15) is 25.3 Å². The molecular weight excluding hydrogens is 340 g/mol. The van der Waals surface area contributed by atoms with Crippen molar-refractivity contribution >= 4 is 57.4 Å². The van der Waals surface area contributed by atoms with Crippen LogP contribution in [0.15, 0.2) is 18.2 Å². The molecule has 4 nitrogen and oxygen atoms in total. The van der Waals surface area contributed by atoms with E-state index in [0.29, 0.717) is 21.6 Å². The van der Waals surface area contributed by atoms with Crippen LogP contribution in [0.2, 0.25) is 5.02 Å². The number of thiocarbonyl (C=S) groups is 1. The first-order valence-corrected chi connectivity index (χ1v) is 8.67. The quantitative estimate of drug-likeness (QED) is 0.819. The molecule has 0 saturated carbocycles. The second-order valence-corrected chi connectivity index (χ2v) is 7.22. The molecule has 118 valence electrons. The molecule has 1 aromatic carbocycles. The van der Waals surface area contributed by atoms with E-state index in [-0.39, 0.29) is 23.5 Å². The zero-order chi connectivity index (χ0) is 16.3. The molecule has 0 aromatic heterocycles. The largest absolute Gasteiger partial charge is 0.326 e. The molecule has 2 rings (SSSR count). The van der Waals surface area contributed by atoms with Crippen molar-refractivity contribution in [2.45, 2.75) is 31.9 Å². The molecule has 0 spiro atoms. The highest BCUT2D eigenvalue weighted by Gasteiger charge is 2.35. The van der Waals surface area contributed by atoms with Gasteiger partial charge in [0.05, 0.1) is 5.25 Å². The topological polar surface area (TPSA) is 49.4 Å². The van der Waals surface area contributed by atoms with Gasteiger partial charge in [0.2, 0.25) is 11.8 Å². The fourth-order valence-corrected chi connectivity index (χ4v) is 3.78. The van der Waals surface area contributed by atoms with Gasteiger partial charge in [0.1, 0.15) is 4.32 Å². The van der Waals surface area contributed by atoms with Crippen LogP contribution in [-0.4, -0.2) is 32.8 Å². The van der Waals surface area contributed by atoms with Gasteiger partial charge in [-0.1, -0.05) is 48.6 Å². The summed E-state index contributed by atoms with van der Waals surface area (Å²) in [6, 6.07) is 5.36. The molecule has 1 aliphatic heterocycles. The van der Waals surface area contributed by atoms with Crippen molar-refractivity contribution in [1.82, 2.24) is 4.90 Å². The first-order valence-electron chi connectivity index (χ1n) is 7.01. The maximum Gasteiger partial charge on any atom is 0.241 e. The molecule has 1 N–H and O–H groups in total. The van der Waals surface area contributed by atoms with Crippen LogP contribution < -0.4 is 5.32 Å². The molecule has 1 aliphatic rings. The summed E-state index contributed by atoms with van der Waals surface area (Å²) in [5.74, 6) is -0.157. The highest BCUT2D eigenvalue weighted by atomic mass is 35.5. The third kappa shape index (κ3) is 3.80. The lowest BCUT2D eigenvalue weighted by Crippen LogP contribution is -2.34. The fourth-order valence-electron chi connectivity index (χ4n) is 2.13. The molecule has 1 heterocycles. The molecule has 0 bridgehead atoms. The van der Waals surface area contributed by atoms with Crippen molar-refractivity contribution in [1.29, 1.82) is 0 Å². The number of nitrogens with zero attached hydrogens (tertiary/aromatic N) is 1. The van der Waals surface area contributed by atoms with Crippen molar-refractivity contribution in [3.63, 3.8) is 0 Å². The molecule has 7 heteroatoms. The van der Waals surface area contributed by atoms with E-state index in [1.54, 1.807) is 18.2 Å². The molecule has 22 heavy (non-hydrogen) atoms. The van der Waals surface area contributed by atoms with E-state index in [2.05, 4.69) is 5.32 Å². The normalized spacial score (nSPS) is 18.0. The van der Waals surface area contributed by atoms with Gasteiger partial charge < -0.3 is 5.32 Å². The third-order valence-corrected chi connectivity index (χ3v) is 5.64. The van der Waals surface area contributed by atoms with E-state index in [1.807, 2.05) is 13.8 Å². The van der Waals surface area contributed by atoms with Crippen molar-refractivity contribution in [3.8, 4) is 0 Å². The second-order valence-electron chi connectivity index (χ2n) is 4.98. The number of anilines is 1. The monoisotopic (exact) mass is 356 g/mol. The van der Waals surface area contributed by atoms with Gasteiger partial charge in [-0.3, -0.25) is 14.5 Å². The van der Waals surface area contributed by atoms with Crippen molar-refractivity contribution < 1.29 is 9.59 Å². The number of thioether (sulfide) groups is 1. The predicted molar refractivity (Wildman–Crippen MR) is 95.4 cm³/mol. The summed E-state index contributed by atoms with van der Waals surface area (Å²) < 4.78 is 0.559. The Kier molecular flexibility index (Phi) is 5.83. The number of carbonyl (C=O) groups excluding carboxylic acids is 2. The fraction of sp³-hybridized carbons (Fsp3) is 0.400. The first kappa shape index (κ1) is 17.2. The first-order chi connectivity index (χ1) is 10.4. The maximum absolute atomic E-state index is 12.1. The third-order valence-electron chi connectivity index (χ3n) is 3.48. The number of benzene rings is 1. The Balaban J connectivity index is 1.92. The van der Waals surface area contributed by atoms with E-state index in [0.717, 1.165) is 12.0 Å². The maximum atomic E-state index is 12.1. The van der Waals surface area contributed by atoms with Crippen LogP contribution in [-0.2, 0) is 9.59 Å². The van der Waals surface area contributed by atoms with Crippen molar-refractivity contribution in [3.05, 3.63) is 28.8 Å². The highest BCUT2D eigenvalue weighted by Crippen LogP contribution is 2.29. The van der Waals surface area contributed by atoms with Gasteiger partial charge in [-0.25, -0.2) is 0 Å². The molecule has 1 aromatic rings. The van der Waals surface area contributed by atoms with Crippen molar-refractivity contribution in [2.75, 3.05) is 11.9 Å². The van der Waals surface area contributed by atoms with Gasteiger partial charge in [-0.15, -0.1) is 0 Å². The minimum absolute atomic E-state index is 0.00392. The zero-order valence-electron chi connectivity index (χ0n) is 12.4. The standard InChI is InChI=1S/C15H17ClN2O2S2/c1-3-12-14(20)18(15(21)22-12)8-7-13(19)17-11-6-4-5-10(16)9(11)2/h4-6,12H,3,7-8H2,1-2H3,(H,17,19).